The minimum absolute atomic E-state index is 0.308. The van der Waals surface area contributed by atoms with Crippen LogP contribution in [-0.2, 0) is 10.0 Å². The number of hydrogen-bond donors (Lipinski definition) is 2. The molecule has 0 saturated carbocycles. The van der Waals surface area contributed by atoms with Gasteiger partial charge >= 0.3 is 0 Å². The van der Waals surface area contributed by atoms with Crippen LogP contribution >= 0.6 is 11.6 Å². The second-order valence-corrected chi connectivity index (χ2v) is 7.90. The van der Waals surface area contributed by atoms with Gasteiger partial charge in [-0.05, 0) is 36.4 Å². The third-order valence-corrected chi connectivity index (χ3v) is 4.40. The number of hydrogen-bond acceptors (Lipinski definition) is 5. The lowest BCUT2D eigenvalue weighted by Gasteiger charge is -2.12. The van der Waals surface area contributed by atoms with Gasteiger partial charge in [-0.3, -0.25) is 9.52 Å². The van der Waals surface area contributed by atoms with Crippen LogP contribution in [0.4, 0.5) is 11.4 Å². The van der Waals surface area contributed by atoms with Crippen LogP contribution < -0.4 is 19.5 Å². The van der Waals surface area contributed by atoms with E-state index in [9.17, 15) is 13.2 Å². The first-order valence-corrected chi connectivity index (χ1v) is 10.1. The summed E-state index contributed by atoms with van der Waals surface area (Å²) in [5.74, 6) is 0.510. The second kappa shape index (κ2) is 7.43. The van der Waals surface area contributed by atoms with E-state index in [2.05, 4.69) is 10.0 Å². The molecule has 2 aromatic rings. The smallest absolute Gasteiger partial charge is 0.255 e. The molecule has 7 nitrogen and oxygen atoms in total. The average molecular weight is 397 g/mol. The third-order valence-electron chi connectivity index (χ3n) is 3.51. The number of fused-ring (bicyclic) bond motifs is 1. The van der Waals surface area contributed by atoms with Gasteiger partial charge in [0, 0.05) is 23.4 Å². The third kappa shape index (κ3) is 4.59. The van der Waals surface area contributed by atoms with Crippen LogP contribution in [0.25, 0.3) is 0 Å². The van der Waals surface area contributed by atoms with E-state index in [-0.39, 0.29) is 5.91 Å². The number of halogens is 1. The van der Waals surface area contributed by atoms with Gasteiger partial charge in [0.1, 0.15) is 0 Å². The number of nitrogens with one attached hydrogen (secondary N) is 2. The Labute approximate surface area is 156 Å². The minimum atomic E-state index is -3.35. The van der Waals surface area contributed by atoms with Crippen LogP contribution in [-0.4, -0.2) is 33.8 Å². The fourth-order valence-corrected chi connectivity index (χ4v) is 3.23. The predicted octanol–water partition coefficient (Wildman–Crippen LogP) is 3.13. The van der Waals surface area contributed by atoms with Crippen LogP contribution in [0.5, 0.6) is 11.5 Å². The Kier molecular flexibility index (Phi) is 5.24. The average Bonchev–Trinajstić information content (AvgIpc) is 2.81. The highest BCUT2D eigenvalue weighted by atomic mass is 35.5. The largest absolute Gasteiger partial charge is 0.489 e. The van der Waals surface area contributed by atoms with Crippen LogP contribution in [0.3, 0.4) is 0 Å². The summed E-state index contributed by atoms with van der Waals surface area (Å²) in [7, 11) is -3.35. The molecule has 0 saturated heterocycles. The molecule has 0 bridgehead atoms. The summed E-state index contributed by atoms with van der Waals surface area (Å²) in [6.45, 7) is 0.995. The minimum Gasteiger partial charge on any atom is -0.489 e. The van der Waals surface area contributed by atoms with Gasteiger partial charge < -0.3 is 14.8 Å². The number of anilines is 2. The van der Waals surface area contributed by atoms with Crippen molar-refractivity contribution in [2.45, 2.75) is 6.42 Å². The normalized spacial score (nSPS) is 13.6. The zero-order chi connectivity index (χ0) is 18.7. The number of amides is 1. The van der Waals surface area contributed by atoms with Gasteiger partial charge in [-0.25, -0.2) is 8.42 Å². The van der Waals surface area contributed by atoms with Crippen molar-refractivity contribution in [1.29, 1.82) is 0 Å². The molecule has 2 N–H and O–H groups in total. The van der Waals surface area contributed by atoms with Crippen LogP contribution in [0, 0.1) is 0 Å². The number of sulfonamides is 1. The molecule has 0 aliphatic carbocycles. The van der Waals surface area contributed by atoms with E-state index in [0.29, 0.717) is 46.7 Å². The lowest BCUT2D eigenvalue weighted by Crippen LogP contribution is -2.13. The maximum atomic E-state index is 12.5. The van der Waals surface area contributed by atoms with Crippen molar-refractivity contribution in [1.82, 2.24) is 0 Å². The Morgan fingerprint density at radius 2 is 1.73 bits per heavy atom. The summed E-state index contributed by atoms with van der Waals surface area (Å²) in [6.07, 6.45) is 1.80. The van der Waals surface area contributed by atoms with Crippen LogP contribution in [0.1, 0.15) is 16.8 Å². The number of ether oxygens (including phenoxy) is 2. The number of benzene rings is 2. The zero-order valence-electron chi connectivity index (χ0n) is 13.9. The summed E-state index contributed by atoms with van der Waals surface area (Å²) in [5, 5.41) is 3.03. The van der Waals surface area contributed by atoms with Crippen LogP contribution in [0.15, 0.2) is 36.4 Å². The number of rotatable bonds is 4. The zero-order valence-corrected chi connectivity index (χ0v) is 15.5. The van der Waals surface area contributed by atoms with Gasteiger partial charge in [0.05, 0.1) is 24.5 Å². The summed E-state index contributed by atoms with van der Waals surface area (Å²) >= 11 is 6.20. The molecule has 2 aromatic carbocycles. The van der Waals surface area contributed by atoms with Crippen molar-refractivity contribution >= 4 is 38.9 Å². The quantitative estimate of drug-likeness (QED) is 0.828. The number of carbonyl (C=O) groups is 1. The Hall–Kier alpha value is -2.45. The topological polar surface area (TPSA) is 93.7 Å². The van der Waals surface area contributed by atoms with E-state index >= 15 is 0 Å². The summed E-state index contributed by atoms with van der Waals surface area (Å²) in [4.78, 5) is 12.5. The molecule has 0 radical (unpaired) electrons. The van der Waals surface area contributed by atoms with Gasteiger partial charge in [0.25, 0.3) is 5.91 Å². The van der Waals surface area contributed by atoms with E-state index < -0.39 is 10.0 Å². The van der Waals surface area contributed by atoms with Crippen molar-refractivity contribution in [2.75, 3.05) is 29.5 Å². The summed E-state index contributed by atoms with van der Waals surface area (Å²) in [6, 6.07) is 9.40. The van der Waals surface area contributed by atoms with Gasteiger partial charge in [-0.1, -0.05) is 11.6 Å². The first-order chi connectivity index (χ1) is 12.3. The maximum Gasteiger partial charge on any atom is 0.255 e. The Bertz CT molecular complexity index is 929. The monoisotopic (exact) mass is 396 g/mol. The molecule has 0 fully saturated rings. The molecule has 0 aromatic heterocycles. The first-order valence-electron chi connectivity index (χ1n) is 7.80. The first kappa shape index (κ1) is 18.3. The van der Waals surface area contributed by atoms with Gasteiger partial charge in [-0.15, -0.1) is 0 Å². The van der Waals surface area contributed by atoms with Crippen molar-refractivity contribution in [3.8, 4) is 11.5 Å². The molecule has 26 heavy (non-hydrogen) atoms. The van der Waals surface area contributed by atoms with Crippen molar-refractivity contribution in [3.63, 3.8) is 0 Å². The lowest BCUT2D eigenvalue weighted by atomic mass is 10.1. The van der Waals surface area contributed by atoms with Gasteiger partial charge in [0.2, 0.25) is 10.0 Å². The molecule has 138 valence electrons. The van der Waals surface area contributed by atoms with Gasteiger partial charge in [-0.2, -0.15) is 0 Å². The molecule has 0 atom stereocenters. The van der Waals surface area contributed by atoms with E-state index in [1.165, 1.54) is 6.07 Å². The highest BCUT2D eigenvalue weighted by Crippen LogP contribution is 2.38. The van der Waals surface area contributed by atoms with Crippen molar-refractivity contribution in [3.05, 3.63) is 47.0 Å². The molecule has 1 aliphatic rings. The molecule has 0 unspecified atom stereocenters. The molecule has 0 spiro atoms. The van der Waals surface area contributed by atoms with E-state index in [1.807, 2.05) is 0 Å². The summed E-state index contributed by atoms with van der Waals surface area (Å²) in [5.41, 5.74) is 1.25. The SMILES string of the molecule is CS(=O)(=O)Nc1ccc(NC(=O)c2cc(Cl)c3c(c2)OCCCO3)cc1. The Balaban J connectivity index is 1.76. The lowest BCUT2D eigenvalue weighted by molar-refractivity contribution is 0.102. The van der Waals surface area contributed by atoms with Gasteiger partial charge in [0.15, 0.2) is 11.5 Å². The standard InChI is InChI=1S/C17H17ClN2O5S/c1-26(22,23)20-13-5-3-12(4-6-13)19-17(21)11-9-14(18)16-15(10-11)24-7-2-8-25-16/h3-6,9-10,20H,2,7-8H2,1H3,(H,19,21). The molecule has 3 rings (SSSR count). The second-order valence-electron chi connectivity index (χ2n) is 5.74. The molecular weight excluding hydrogens is 380 g/mol. The van der Waals surface area contributed by atoms with E-state index in [4.69, 9.17) is 21.1 Å². The van der Waals surface area contributed by atoms with E-state index in [0.717, 1.165) is 12.7 Å². The highest BCUT2D eigenvalue weighted by Gasteiger charge is 2.18. The molecule has 1 heterocycles. The summed E-state index contributed by atoms with van der Waals surface area (Å²) < 4.78 is 35.9. The maximum absolute atomic E-state index is 12.5. The van der Waals surface area contributed by atoms with Crippen molar-refractivity contribution < 1.29 is 22.7 Å². The Morgan fingerprint density at radius 3 is 2.42 bits per heavy atom. The molecular formula is C17H17ClN2O5S. The predicted molar refractivity (Wildman–Crippen MR) is 99.9 cm³/mol. The molecule has 9 heteroatoms. The van der Waals surface area contributed by atoms with E-state index in [1.54, 1.807) is 30.3 Å². The van der Waals surface area contributed by atoms with Crippen LogP contribution in [0.2, 0.25) is 5.02 Å². The fourth-order valence-electron chi connectivity index (χ4n) is 2.40. The molecule has 1 amide bonds. The fraction of sp³-hybridized carbons (Fsp3) is 0.235. The Morgan fingerprint density at radius 1 is 1.08 bits per heavy atom. The molecule has 1 aliphatic heterocycles. The number of carbonyl (C=O) groups excluding carboxylic acids is 1. The van der Waals surface area contributed by atoms with Crippen molar-refractivity contribution in [2.24, 2.45) is 0 Å². The highest BCUT2D eigenvalue weighted by molar-refractivity contribution is 7.92.